The van der Waals surface area contributed by atoms with Crippen LogP contribution in [-0.2, 0) is 17.8 Å². The summed E-state index contributed by atoms with van der Waals surface area (Å²) >= 11 is 0. The Morgan fingerprint density at radius 1 is 1.21 bits per heavy atom. The Morgan fingerprint density at radius 3 is 2.75 bits per heavy atom. The van der Waals surface area contributed by atoms with Gasteiger partial charge in [-0.1, -0.05) is 50.5 Å². The maximum Gasteiger partial charge on any atom is 0.227 e. The van der Waals surface area contributed by atoms with E-state index in [-0.39, 0.29) is 11.3 Å². The zero-order chi connectivity index (χ0) is 19.6. The van der Waals surface area contributed by atoms with Crippen molar-refractivity contribution in [3.8, 4) is 0 Å². The maximum atomic E-state index is 13.2. The molecule has 1 spiro atoms. The molecule has 1 aliphatic heterocycles. The van der Waals surface area contributed by atoms with Crippen molar-refractivity contribution in [3.05, 3.63) is 47.5 Å². The van der Waals surface area contributed by atoms with Crippen LogP contribution < -0.4 is 0 Å². The lowest BCUT2D eigenvalue weighted by atomic mass is 9.67. The number of carbonyl (C=O) groups excluding carboxylic acids is 1. The number of amides is 1. The molecule has 2 aliphatic rings. The molecule has 1 saturated heterocycles. The molecule has 1 aromatic carbocycles. The Kier molecular flexibility index (Phi) is 5.51. The minimum absolute atomic E-state index is 0.179. The van der Waals surface area contributed by atoms with Gasteiger partial charge in [0.25, 0.3) is 0 Å². The highest BCUT2D eigenvalue weighted by atomic mass is 16.2. The lowest BCUT2D eigenvalue weighted by molar-refractivity contribution is -0.130. The highest BCUT2D eigenvalue weighted by molar-refractivity contribution is 5.79. The highest BCUT2D eigenvalue weighted by Crippen LogP contribution is 2.51. The van der Waals surface area contributed by atoms with Crippen molar-refractivity contribution in [2.45, 2.75) is 71.3 Å². The Morgan fingerprint density at radius 2 is 2.00 bits per heavy atom. The molecule has 1 saturated carbocycles. The van der Waals surface area contributed by atoms with Gasteiger partial charge in [0, 0.05) is 25.6 Å². The topological polar surface area (TPSA) is 51.0 Å². The van der Waals surface area contributed by atoms with Crippen LogP contribution in [0.15, 0.2) is 30.6 Å². The van der Waals surface area contributed by atoms with E-state index in [1.54, 1.807) is 0 Å². The second kappa shape index (κ2) is 8.06. The monoisotopic (exact) mass is 380 g/mol. The van der Waals surface area contributed by atoms with Crippen molar-refractivity contribution < 1.29 is 4.79 Å². The molecule has 5 heteroatoms. The molecular formula is C23H32N4O. The van der Waals surface area contributed by atoms with Crippen molar-refractivity contribution in [2.24, 2.45) is 5.41 Å². The van der Waals surface area contributed by atoms with Gasteiger partial charge in [0.05, 0.1) is 6.42 Å². The smallest absolute Gasteiger partial charge is 0.227 e. The highest BCUT2D eigenvalue weighted by Gasteiger charge is 2.50. The fraction of sp³-hybridized carbons (Fsp3) is 0.609. The molecule has 2 aromatic rings. The summed E-state index contributed by atoms with van der Waals surface area (Å²) in [5, 5.41) is 8.76. The third kappa shape index (κ3) is 3.59. The van der Waals surface area contributed by atoms with Gasteiger partial charge in [-0.15, -0.1) is 10.2 Å². The minimum Gasteiger partial charge on any atom is -0.341 e. The number of nitrogens with zero attached hydrogens (tertiary/aromatic N) is 4. The van der Waals surface area contributed by atoms with E-state index in [2.05, 4.69) is 45.6 Å². The van der Waals surface area contributed by atoms with E-state index in [0.717, 1.165) is 37.4 Å². The molecule has 1 atom stereocenters. The number of rotatable bonds is 5. The summed E-state index contributed by atoms with van der Waals surface area (Å²) in [7, 11) is 0. The minimum atomic E-state index is 0.179. The molecule has 0 bridgehead atoms. The second-order valence-electron chi connectivity index (χ2n) is 8.74. The van der Waals surface area contributed by atoms with E-state index < -0.39 is 0 Å². The van der Waals surface area contributed by atoms with E-state index >= 15 is 0 Å². The Hall–Kier alpha value is -2.17. The summed E-state index contributed by atoms with van der Waals surface area (Å²) < 4.78 is 2.22. The second-order valence-corrected chi connectivity index (χ2v) is 8.74. The van der Waals surface area contributed by atoms with Crippen LogP contribution in [0.2, 0.25) is 0 Å². The Labute approximate surface area is 168 Å². The predicted octanol–water partition coefficient (Wildman–Crippen LogP) is 4.12. The van der Waals surface area contributed by atoms with Crippen LogP contribution in [0.1, 0.15) is 68.3 Å². The number of aryl methyl sites for hydroxylation is 2. The molecule has 0 N–H and O–H groups in total. The largest absolute Gasteiger partial charge is 0.341 e. The molecule has 4 rings (SSSR count). The van der Waals surface area contributed by atoms with Gasteiger partial charge in [-0.05, 0) is 42.7 Å². The van der Waals surface area contributed by atoms with E-state index in [4.69, 9.17) is 0 Å². The quantitative estimate of drug-likeness (QED) is 0.784. The molecule has 2 fully saturated rings. The van der Waals surface area contributed by atoms with Gasteiger partial charge in [0.15, 0.2) is 0 Å². The van der Waals surface area contributed by atoms with Gasteiger partial charge in [-0.25, -0.2) is 0 Å². The van der Waals surface area contributed by atoms with Crippen LogP contribution in [-0.4, -0.2) is 38.7 Å². The van der Waals surface area contributed by atoms with E-state index in [1.165, 1.54) is 37.7 Å². The Bertz CT molecular complexity index is 822. The molecule has 1 unspecified atom stereocenters. The summed E-state index contributed by atoms with van der Waals surface area (Å²) in [6.07, 6.45) is 9.67. The van der Waals surface area contributed by atoms with Crippen LogP contribution in [0.4, 0.5) is 0 Å². The van der Waals surface area contributed by atoms with Crippen molar-refractivity contribution in [3.63, 3.8) is 0 Å². The molecule has 1 aromatic heterocycles. The first-order valence-electron chi connectivity index (χ1n) is 10.8. The van der Waals surface area contributed by atoms with Gasteiger partial charge in [-0.2, -0.15) is 0 Å². The number of hydrogen-bond acceptors (Lipinski definition) is 3. The average Bonchev–Trinajstić information content (AvgIpc) is 3.29. The van der Waals surface area contributed by atoms with Crippen LogP contribution in [0.25, 0.3) is 0 Å². The summed E-state index contributed by atoms with van der Waals surface area (Å²) in [4.78, 5) is 15.3. The van der Waals surface area contributed by atoms with Crippen molar-refractivity contribution in [2.75, 3.05) is 13.1 Å². The van der Waals surface area contributed by atoms with E-state index in [0.29, 0.717) is 12.3 Å². The number of benzene rings is 1. The summed E-state index contributed by atoms with van der Waals surface area (Å²) in [6, 6.07) is 8.23. The van der Waals surface area contributed by atoms with Crippen molar-refractivity contribution in [1.29, 1.82) is 0 Å². The fourth-order valence-corrected chi connectivity index (χ4v) is 5.31. The normalized spacial score (nSPS) is 21.4. The fourth-order valence-electron chi connectivity index (χ4n) is 5.31. The molecule has 1 aliphatic carbocycles. The number of aromatic nitrogens is 3. The van der Waals surface area contributed by atoms with Gasteiger partial charge >= 0.3 is 0 Å². The van der Waals surface area contributed by atoms with Crippen LogP contribution in [0, 0.1) is 12.3 Å². The van der Waals surface area contributed by atoms with Crippen LogP contribution >= 0.6 is 0 Å². The number of hydrogen-bond donors (Lipinski definition) is 0. The standard InChI is InChI=1S/C23H32N4O/c1-3-13-26-17-24-25-22(26)20-15-27(16-23(20)11-7-4-8-12-23)21(28)14-19-10-6-5-9-18(19)2/h5-6,9-10,17,20H,3-4,7-8,11-16H2,1-2H3. The molecule has 0 radical (unpaired) electrons. The Balaban J connectivity index is 1.58. The molecule has 2 heterocycles. The summed E-state index contributed by atoms with van der Waals surface area (Å²) in [6.45, 7) is 6.89. The van der Waals surface area contributed by atoms with E-state index in [1.807, 2.05) is 18.5 Å². The summed E-state index contributed by atoms with van der Waals surface area (Å²) in [5.41, 5.74) is 2.52. The maximum absolute atomic E-state index is 13.2. The van der Waals surface area contributed by atoms with Gasteiger partial charge in [0.1, 0.15) is 12.2 Å². The van der Waals surface area contributed by atoms with Gasteiger partial charge in [0.2, 0.25) is 5.91 Å². The van der Waals surface area contributed by atoms with Crippen molar-refractivity contribution >= 4 is 5.91 Å². The SMILES string of the molecule is CCCn1cnnc1C1CN(C(=O)Cc2ccccc2C)CC12CCCCC2. The van der Waals surface area contributed by atoms with E-state index in [9.17, 15) is 4.79 Å². The molecule has 5 nitrogen and oxygen atoms in total. The molecule has 28 heavy (non-hydrogen) atoms. The zero-order valence-electron chi connectivity index (χ0n) is 17.2. The van der Waals surface area contributed by atoms with Crippen LogP contribution in [0.3, 0.4) is 0 Å². The first-order chi connectivity index (χ1) is 13.6. The van der Waals surface area contributed by atoms with Crippen molar-refractivity contribution in [1.82, 2.24) is 19.7 Å². The molecule has 1 amide bonds. The summed E-state index contributed by atoms with van der Waals surface area (Å²) in [5.74, 6) is 1.65. The predicted molar refractivity (Wildman–Crippen MR) is 110 cm³/mol. The average molecular weight is 381 g/mol. The van der Waals surface area contributed by atoms with Gasteiger partial charge < -0.3 is 9.47 Å². The lowest BCUT2D eigenvalue weighted by Gasteiger charge is -2.37. The molecular weight excluding hydrogens is 348 g/mol. The first kappa shape index (κ1) is 19.2. The lowest BCUT2D eigenvalue weighted by Crippen LogP contribution is -2.35. The first-order valence-corrected chi connectivity index (χ1v) is 10.8. The number of likely N-dealkylation sites (tertiary alicyclic amines) is 1. The van der Waals surface area contributed by atoms with Crippen LogP contribution in [0.5, 0.6) is 0 Å². The third-order valence-electron chi connectivity index (χ3n) is 6.87. The molecule has 150 valence electrons. The third-order valence-corrected chi connectivity index (χ3v) is 6.87. The number of carbonyl (C=O) groups is 1. The van der Waals surface area contributed by atoms with Gasteiger partial charge in [-0.3, -0.25) is 4.79 Å². The zero-order valence-corrected chi connectivity index (χ0v) is 17.2.